The highest BCUT2D eigenvalue weighted by atomic mass is 35.5. The summed E-state index contributed by atoms with van der Waals surface area (Å²) in [4.78, 5) is 18.2. The van der Waals surface area contributed by atoms with Crippen molar-refractivity contribution in [2.45, 2.75) is 12.8 Å². The summed E-state index contributed by atoms with van der Waals surface area (Å²) in [7, 11) is 0. The second-order valence-electron chi connectivity index (χ2n) is 6.91. The van der Waals surface area contributed by atoms with E-state index in [1.165, 1.54) is 17.8 Å². The molecule has 6 heteroatoms. The molecule has 1 aromatic carbocycles. The Balaban J connectivity index is 1.46. The third-order valence-electron chi connectivity index (χ3n) is 5.16. The number of likely N-dealkylation sites (tertiary alicyclic amines) is 1. The zero-order valence-electron chi connectivity index (χ0n) is 14.2. The zero-order chi connectivity index (χ0) is 17.2. The van der Waals surface area contributed by atoms with Crippen LogP contribution in [0.5, 0.6) is 0 Å². The molecule has 4 nitrogen and oxygen atoms in total. The van der Waals surface area contributed by atoms with Gasteiger partial charge in [-0.05, 0) is 24.8 Å². The van der Waals surface area contributed by atoms with Gasteiger partial charge in [-0.25, -0.2) is 0 Å². The highest BCUT2D eigenvalue weighted by molar-refractivity contribution is 7.21. The van der Waals surface area contributed by atoms with E-state index < -0.39 is 0 Å². The average molecular weight is 379 g/mol. The molecule has 0 N–H and O–H groups in total. The number of piperidine rings is 1. The Kier molecular flexibility index (Phi) is 5.27. The van der Waals surface area contributed by atoms with Crippen LogP contribution in [-0.2, 0) is 4.74 Å². The Morgan fingerprint density at radius 1 is 1.24 bits per heavy atom. The number of benzene rings is 1. The molecule has 2 aliphatic rings. The van der Waals surface area contributed by atoms with Gasteiger partial charge in [0.1, 0.15) is 4.88 Å². The fourth-order valence-electron chi connectivity index (χ4n) is 3.84. The van der Waals surface area contributed by atoms with Crippen LogP contribution in [0.25, 0.3) is 10.1 Å². The summed E-state index contributed by atoms with van der Waals surface area (Å²) in [5.41, 5.74) is 0. The summed E-state index contributed by atoms with van der Waals surface area (Å²) in [6, 6.07) is 7.97. The average Bonchev–Trinajstić information content (AvgIpc) is 2.99. The Morgan fingerprint density at radius 3 is 2.84 bits per heavy atom. The van der Waals surface area contributed by atoms with E-state index in [1.807, 2.05) is 29.2 Å². The summed E-state index contributed by atoms with van der Waals surface area (Å²) in [6.07, 6.45) is 2.27. The molecular weight excluding hydrogens is 356 g/mol. The number of ether oxygens (including phenoxy) is 1. The lowest BCUT2D eigenvalue weighted by Crippen LogP contribution is -2.46. The van der Waals surface area contributed by atoms with Crippen LogP contribution in [0, 0.1) is 5.92 Å². The van der Waals surface area contributed by atoms with Crippen molar-refractivity contribution < 1.29 is 9.53 Å². The standard InChI is InChI=1S/C19H23ClN2O2S/c20-17-15-5-1-2-6-16(15)25-18(17)19(23)22-7-3-4-14(13-22)12-21-8-10-24-11-9-21/h1-2,5-6,14H,3-4,7-13H2. The van der Waals surface area contributed by atoms with Crippen LogP contribution >= 0.6 is 22.9 Å². The molecule has 1 atom stereocenters. The number of thiophene rings is 1. The van der Waals surface area contributed by atoms with E-state index in [0.717, 1.165) is 62.4 Å². The first-order chi connectivity index (χ1) is 12.2. The van der Waals surface area contributed by atoms with Crippen molar-refractivity contribution in [3.63, 3.8) is 0 Å². The van der Waals surface area contributed by atoms with Crippen molar-refractivity contribution in [1.82, 2.24) is 9.80 Å². The number of hydrogen-bond donors (Lipinski definition) is 0. The number of hydrogen-bond acceptors (Lipinski definition) is 4. The highest BCUT2D eigenvalue weighted by Crippen LogP contribution is 2.36. The second kappa shape index (κ2) is 7.62. The number of rotatable bonds is 3. The first kappa shape index (κ1) is 17.3. The molecule has 4 rings (SSSR count). The molecular formula is C19H23ClN2O2S. The zero-order valence-corrected chi connectivity index (χ0v) is 15.8. The number of carbonyl (C=O) groups excluding carboxylic acids is 1. The SMILES string of the molecule is O=C(c1sc2ccccc2c1Cl)N1CCCC(CN2CCOCC2)C1. The Hall–Kier alpha value is -1.14. The molecule has 1 aromatic heterocycles. The van der Waals surface area contributed by atoms with Gasteiger partial charge in [0.2, 0.25) is 0 Å². The van der Waals surface area contributed by atoms with Crippen LogP contribution in [0.3, 0.4) is 0 Å². The lowest BCUT2D eigenvalue weighted by Gasteiger charge is -2.36. The van der Waals surface area contributed by atoms with Gasteiger partial charge in [-0.3, -0.25) is 9.69 Å². The number of halogens is 1. The minimum absolute atomic E-state index is 0.0953. The van der Waals surface area contributed by atoms with Crippen molar-refractivity contribution in [2.75, 3.05) is 45.9 Å². The van der Waals surface area contributed by atoms with Crippen LogP contribution in [-0.4, -0.2) is 61.6 Å². The highest BCUT2D eigenvalue weighted by Gasteiger charge is 2.28. The summed E-state index contributed by atoms with van der Waals surface area (Å²) in [5.74, 6) is 0.641. The van der Waals surface area contributed by atoms with Crippen LogP contribution in [0.2, 0.25) is 5.02 Å². The Morgan fingerprint density at radius 2 is 2.04 bits per heavy atom. The van der Waals surface area contributed by atoms with E-state index in [-0.39, 0.29) is 5.91 Å². The molecule has 2 aliphatic heterocycles. The van der Waals surface area contributed by atoms with Gasteiger partial charge in [0.15, 0.2) is 0 Å². The van der Waals surface area contributed by atoms with Gasteiger partial charge in [0.25, 0.3) is 5.91 Å². The molecule has 3 heterocycles. The Bertz CT molecular complexity index is 757. The first-order valence-corrected chi connectivity index (χ1v) is 10.2. The second-order valence-corrected chi connectivity index (χ2v) is 8.34. The molecule has 25 heavy (non-hydrogen) atoms. The quantitative estimate of drug-likeness (QED) is 0.815. The maximum absolute atomic E-state index is 13.0. The monoisotopic (exact) mass is 378 g/mol. The van der Waals surface area contributed by atoms with Crippen molar-refractivity contribution in [2.24, 2.45) is 5.92 Å². The van der Waals surface area contributed by atoms with Crippen molar-refractivity contribution in [1.29, 1.82) is 0 Å². The number of amides is 1. The van der Waals surface area contributed by atoms with E-state index in [4.69, 9.17) is 16.3 Å². The normalized spacial score (nSPS) is 22.4. The van der Waals surface area contributed by atoms with Gasteiger partial charge in [0, 0.05) is 42.8 Å². The minimum Gasteiger partial charge on any atom is -0.379 e. The Labute approximate surface area is 157 Å². The molecule has 1 amide bonds. The molecule has 2 aromatic rings. The predicted molar refractivity (Wildman–Crippen MR) is 103 cm³/mol. The summed E-state index contributed by atoms with van der Waals surface area (Å²) >= 11 is 8.02. The molecule has 2 fully saturated rings. The minimum atomic E-state index is 0.0953. The maximum Gasteiger partial charge on any atom is 0.265 e. The van der Waals surface area contributed by atoms with Crippen LogP contribution in [0.4, 0.5) is 0 Å². The molecule has 2 saturated heterocycles. The smallest absolute Gasteiger partial charge is 0.265 e. The number of carbonyl (C=O) groups is 1. The number of nitrogens with zero attached hydrogens (tertiary/aromatic N) is 2. The van der Waals surface area contributed by atoms with Crippen molar-refractivity contribution in [3.05, 3.63) is 34.2 Å². The fourth-order valence-corrected chi connectivity index (χ4v) is 5.32. The largest absolute Gasteiger partial charge is 0.379 e. The summed E-state index contributed by atoms with van der Waals surface area (Å²) in [5, 5.41) is 1.60. The van der Waals surface area contributed by atoms with Crippen LogP contribution in [0.1, 0.15) is 22.5 Å². The molecule has 0 saturated carbocycles. The van der Waals surface area contributed by atoms with E-state index in [1.54, 1.807) is 0 Å². The third kappa shape index (κ3) is 3.70. The van der Waals surface area contributed by atoms with Crippen molar-refractivity contribution in [3.8, 4) is 0 Å². The van der Waals surface area contributed by atoms with Gasteiger partial charge in [-0.1, -0.05) is 29.8 Å². The molecule has 0 radical (unpaired) electrons. The molecule has 134 valence electrons. The van der Waals surface area contributed by atoms with Gasteiger partial charge >= 0.3 is 0 Å². The summed E-state index contributed by atoms with van der Waals surface area (Å²) < 4.78 is 6.51. The van der Waals surface area contributed by atoms with E-state index in [9.17, 15) is 4.79 Å². The van der Waals surface area contributed by atoms with Gasteiger partial charge < -0.3 is 9.64 Å². The number of morpholine rings is 1. The van der Waals surface area contributed by atoms with Crippen molar-refractivity contribution >= 4 is 38.9 Å². The van der Waals surface area contributed by atoms with Crippen LogP contribution < -0.4 is 0 Å². The molecule has 1 unspecified atom stereocenters. The molecule has 0 bridgehead atoms. The summed E-state index contributed by atoms with van der Waals surface area (Å²) in [6.45, 7) is 6.40. The lowest BCUT2D eigenvalue weighted by molar-refractivity contribution is 0.0224. The predicted octanol–water partition coefficient (Wildman–Crippen LogP) is 3.74. The van der Waals surface area contributed by atoms with Gasteiger partial charge in [0.05, 0.1) is 18.2 Å². The number of fused-ring (bicyclic) bond motifs is 1. The molecule has 0 aliphatic carbocycles. The van der Waals surface area contributed by atoms with Gasteiger partial charge in [-0.15, -0.1) is 11.3 Å². The van der Waals surface area contributed by atoms with Gasteiger partial charge in [-0.2, -0.15) is 0 Å². The fraction of sp³-hybridized carbons (Fsp3) is 0.526. The third-order valence-corrected chi connectivity index (χ3v) is 6.82. The van der Waals surface area contributed by atoms with E-state index in [0.29, 0.717) is 15.8 Å². The van der Waals surface area contributed by atoms with E-state index in [2.05, 4.69) is 4.90 Å². The van der Waals surface area contributed by atoms with E-state index >= 15 is 0 Å². The molecule has 0 spiro atoms. The lowest BCUT2D eigenvalue weighted by atomic mass is 9.97. The van der Waals surface area contributed by atoms with Crippen LogP contribution in [0.15, 0.2) is 24.3 Å². The topological polar surface area (TPSA) is 32.8 Å². The maximum atomic E-state index is 13.0. The first-order valence-electron chi connectivity index (χ1n) is 8.99.